The summed E-state index contributed by atoms with van der Waals surface area (Å²) in [5, 5.41) is 18.0. The number of rotatable bonds is 6. The molecule has 0 unspecified atom stereocenters. The van der Waals surface area contributed by atoms with Crippen LogP contribution in [-0.4, -0.2) is 77.7 Å². The van der Waals surface area contributed by atoms with Gasteiger partial charge in [0.1, 0.15) is 12.1 Å². The van der Waals surface area contributed by atoms with E-state index in [9.17, 15) is 9.90 Å². The van der Waals surface area contributed by atoms with Crippen molar-refractivity contribution in [1.82, 2.24) is 25.5 Å². The number of piperazine rings is 1. The number of aromatic nitrogens is 2. The summed E-state index contributed by atoms with van der Waals surface area (Å²) in [6.07, 6.45) is 2.80. The lowest BCUT2D eigenvalue weighted by atomic mass is 9.96. The quantitative estimate of drug-likeness (QED) is 0.577. The molecule has 2 aromatic rings. The molecule has 0 radical (unpaired) electrons. The molecule has 9 heteroatoms. The molecule has 2 saturated heterocycles. The first kappa shape index (κ1) is 23.5. The van der Waals surface area contributed by atoms with Gasteiger partial charge in [-0.05, 0) is 43.0 Å². The Kier molecular flexibility index (Phi) is 7.01. The van der Waals surface area contributed by atoms with Gasteiger partial charge in [-0.3, -0.25) is 4.79 Å². The van der Waals surface area contributed by atoms with Gasteiger partial charge in [-0.2, -0.15) is 0 Å². The van der Waals surface area contributed by atoms with E-state index in [1.54, 1.807) is 6.33 Å². The fourth-order valence-corrected chi connectivity index (χ4v) is 5.60. The SMILES string of the molecule is C[C@@H]1C[C@@H](O)c2ncnc(N3CCN(C(=O)[C@H](CN[C@H]4CCNC4)c4ccc(Cl)cc4)CC3)c21. The molecular formula is C25H33ClN6O2. The van der Waals surface area contributed by atoms with Gasteiger partial charge in [0, 0.05) is 55.9 Å². The number of halogens is 1. The average molecular weight is 485 g/mol. The zero-order valence-corrected chi connectivity index (χ0v) is 20.3. The first-order chi connectivity index (χ1) is 16.5. The molecule has 0 spiro atoms. The van der Waals surface area contributed by atoms with Crippen LogP contribution >= 0.6 is 11.6 Å². The van der Waals surface area contributed by atoms with Crippen LogP contribution < -0.4 is 15.5 Å². The molecule has 1 aliphatic carbocycles. The Labute approximate surface area is 205 Å². The number of nitrogens with one attached hydrogen (secondary N) is 2. The molecule has 3 aliphatic rings. The fraction of sp³-hybridized carbons (Fsp3) is 0.560. The van der Waals surface area contributed by atoms with Crippen LogP contribution in [0.1, 0.15) is 54.5 Å². The highest BCUT2D eigenvalue weighted by atomic mass is 35.5. The molecule has 0 saturated carbocycles. The van der Waals surface area contributed by atoms with Crippen LogP contribution in [0.3, 0.4) is 0 Å². The van der Waals surface area contributed by atoms with Crippen molar-refractivity contribution in [2.75, 3.05) is 50.7 Å². The number of carbonyl (C=O) groups is 1. The Morgan fingerprint density at radius 3 is 2.71 bits per heavy atom. The summed E-state index contributed by atoms with van der Waals surface area (Å²) in [7, 11) is 0. The van der Waals surface area contributed by atoms with E-state index in [0.717, 1.165) is 42.1 Å². The second-order valence-electron chi connectivity index (χ2n) is 9.66. The number of hydrogen-bond donors (Lipinski definition) is 3. The Bertz CT molecular complexity index is 1000. The van der Waals surface area contributed by atoms with Gasteiger partial charge in [0.15, 0.2) is 0 Å². The molecule has 1 aromatic heterocycles. The smallest absolute Gasteiger partial charge is 0.231 e. The van der Waals surface area contributed by atoms with Crippen LogP contribution in [0.25, 0.3) is 0 Å². The maximum atomic E-state index is 13.7. The van der Waals surface area contributed by atoms with E-state index in [1.165, 1.54) is 0 Å². The summed E-state index contributed by atoms with van der Waals surface area (Å²) >= 11 is 6.11. The van der Waals surface area contributed by atoms with Crippen molar-refractivity contribution >= 4 is 23.3 Å². The van der Waals surface area contributed by atoms with Crippen LogP contribution in [-0.2, 0) is 4.79 Å². The van der Waals surface area contributed by atoms with Gasteiger partial charge in [-0.25, -0.2) is 9.97 Å². The third kappa shape index (κ3) is 4.77. The van der Waals surface area contributed by atoms with Crippen molar-refractivity contribution < 1.29 is 9.90 Å². The summed E-state index contributed by atoms with van der Waals surface area (Å²) in [5.41, 5.74) is 2.81. The van der Waals surface area contributed by atoms with E-state index in [2.05, 4.69) is 32.4 Å². The number of carbonyl (C=O) groups excluding carboxylic acids is 1. The Balaban J connectivity index is 1.28. The Morgan fingerprint density at radius 2 is 2.00 bits per heavy atom. The molecule has 3 heterocycles. The van der Waals surface area contributed by atoms with Crippen molar-refractivity contribution in [1.29, 1.82) is 0 Å². The topological polar surface area (TPSA) is 93.6 Å². The number of benzene rings is 1. The predicted octanol–water partition coefficient (Wildman–Crippen LogP) is 2.05. The molecular weight excluding hydrogens is 452 g/mol. The molecule has 1 amide bonds. The zero-order valence-electron chi connectivity index (χ0n) is 19.6. The summed E-state index contributed by atoms with van der Waals surface area (Å²) in [4.78, 5) is 26.8. The number of aliphatic hydroxyl groups excluding tert-OH is 1. The minimum absolute atomic E-state index is 0.150. The first-order valence-corrected chi connectivity index (χ1v) is 12.6. The minimum Gasteiger partial charge on any atom is -0.387 e. The highest BCUT2D eigenvalue weighted by Crippen LogP contribution is 2.42. The molecule has 5 rings (SSSR count). The lowest BCUT2D eigenvalue weighted by molar-refractivity contribution is -0.133. The largest absolute Gasteiger partial charge is 0.387 e. The van der Waals surface area contributed by atoms with Gasteiger partial charge >= 0.3 is 0 Å². The monoisotopic (exact) mass is 484 g/mol. The summed E-state index contributed by atoms with van der Waals surface area (Å²) < 4.78 is 0. The van der Waals surface area contributed by atoms with Gasteiger partial charge < -0.3 is 25.5 Å². The maximum absolute atomic E-state index is 13.7. The van der Waals surface area contributed by atoms with Gasteiger partial charge in [0.05, 0.1) is 17.7 Å². The number of amides is 1. The van der Waals surface area contributed by atoms with Crippen molar-refractivity contribution in [2.24, 2.45) is 0 Å². The van der Waals surface area contributed by atoms with Crippen LogP contribution in [0, 0.1) is 0 Å². The second-order valence-corrected chi connectivity index (χ2v) is 10.1. The predicted molar refractivity (Wildman–Crippen MR) is 132 cm³/mol. The third-order valence-electron chi connectivity index (χ3n) is 7.41. The van der Waals surface area contributed by atoms with Crippen molar-refractivity contribution in [3.8, 4) is 0 Å². The van der Waals surface area contributed by atoms with Crippen molar-refractivity contribution in [3.63, 3.8) is 0 Å². The lowest BCUT2D eigenvalue weighted by Crippen LogP contribution is -2.51. The van der Waals surface area contributed by atoms with Crippen molar-refractivity contribution in [3.05, 3.63) is 52.4 Å². The van der Waals surface area contributed by atoms with E-state index in [1.807, 2.05) is 29.2 Å². The van der Waals surface area contributed by atoms with Gasteiger partial charge in [-0.1, -0.05) is 30.7 Å². The highest BCUT2D eigenvalue weighted by molar-refractivity contribution is 6.30. The normalized spacial score (nSPS) is 25.4. The Hall–Kier alpha value is -2.26. The molecule has 8 nitrogen and oxygen atoms in total. The number of anilines is 1. The second kappa shape index (κ2) is 10.2. The molecule has 1 aromatic carbocycles. The van der Waals surface area contributed by atoms with Crippen LogP contribution in [0.15, 0.2) is 30.6 Å². The lowest BCUT2D eigenvalue weighted by Gasteiger charge is -2.38. The molecule has 4 atom stereocenters. The fourth-order valence-electron chi connectivity index (χ4n) is 5.47. The zero-order chi connectivity index (χ0) is 23.7. The van der Waals surface area contributed by atoms with E-state index in [0.29, 0.717) is 50.2 Å². The maximum Gasteiger partial charge on any atom is 0.231 e. The summed E-state index contributed by atoms with van der Waals surface area (Å²) in [6, 6.07) is 8.05. The highest BCUT2D eigenvalue weighted by Gasteiger charge is 2.35. The van der Waals surface area contributed by atoms with Crippen LogP contribution in [0.5, 0.6) is 0 Å². The molecule has 2 aliphatic heterocycles. The molecule has 3 N–H and O–H groups in total. The Morgan fingerprint density at radius 1 is 1.24 bits per heavy atom. The van der Waals surface area contributed by atoms with E-state index in [-0.39, 0.29) is 17.7 Å². The van der Waals surface area contributed by atoms with E-state index >= 15 is 0 Å². The van der Waals surface area contributed by atoms with Crippen LogP contribution in [0.2, 0.25) is 5.02 Å². The van der Waals surface area contributed by atoms with E-state index in [4.69, 9.17) is 11.6 Å². The number of fused-ring (bicyclic) bond motifs is 1. The van der Waals surface area contributed by atoms with Crippen LogP contribution in [0.4, 0.5) is 5.82 Å². The molecule has 34 heavy (non-hydrogen) atoms. The number of hydrogen-bond acceptors (Lipinski definition) is 7. The first-order valence-electron chi connectivity index (χ1n) is 12.3. The minimum atomic E-state index is -0.516. The van der Waals surface area contributed by atoms with Crippen molar-refractivity contribution in [2.45, 2.75) is 43.7 Å². The number of aliphatic hydroxyl groups is 1. The number of nitrogens with zero attached hydrogens (tertiary/aromatic N) is 4. The third-order valence-corrected chi connectivity index (χ3v) is 7.66. The summed E-state index contributed by atoms with van der Waals surface area (Å²) in [5.74, 6) is 1.04. The van der Waals surface area contributed by atoms with Gasteiger partial charge in [-0.15, -0.1) is 0 Å². The molecule has 0 bridgehead atoms. The average Bonchev–Trinajstić information content (AvgIpc) is 3.48. The molecule has 2 fully saturated rings. The summed E-state index contributed by atoms with van der Waals surface area (Å²) in [6.45, 7) is 7.40. The van der Waals surface area contributed by atoms with Gasteiger partial charge in [0.2, 0.25) is 5.91 Å². The van der Waals surface area contributed by atoms with E-state index < -0.39 is 6.10 Å². The standard InChI is InChI=1S/C25H33ClN6O2/c1-16-12-21(33)23-22(16)24(30-15-29-23)31-8-10-32(11-9-31)25(34)20(14-28-19-6-7-27-13-19)17-2-4-18(26)5-3-17/h2-5,15-16,19-21,27-28,33H,6-14H2,1H3/t16-,19+,20-,21-/m1/s1. The van der Waals surface area contributed by atoms with Gasteiger partial charge in [0.25, 0.3) is 0 Å². The molecule has 182 valence electrons.